The Morgan fingerprint density at radius 3 is 2.12 bits per heavy atom. The highest BCUT2D eigenvalue weighted by atomic mass is 16.2. The molecule has 2 rings (SSSR count). The summed E-state index contributed by atoms with van der Waals surface area (Å²) in [4.78, 5) is 23.1. The van der Waals surface area contributed by atoms with Crippen molar-refractivity contribution in [2.24, 2.45) is 0 Å². The molecule has 0 bridgehead atoms. The fourth-order valence-electron chi connectivity index (χ4n) is 2.31. The zero-order valence-electron chi connectivity index (χ0n) is 14.1. The molecule has 2 aromatic carbocycles. The van der Waals surface area contributed by atoms with Gasteiger partial charge in [-0.2, -0.15) is 0 Å². The molecule has 5 nitrogen and oxygen atoms in total. The van der Waals surface area contributed by atoms with Crippen LogP contribution in [0.5, 0.6) is 0 Å². The number of nitrogens with one attached hydrogen (secondary N) is 3. The van der Waals surface area contributed by atoms with Crippen molar-refractivity contribution in [3.8, 4) is 0 Å². The fraction of sp³-hybridized carbons (Fsp3) is 0.263. The summed E-state index contributed by atoms with van der Waals surface area (Å²) in [6.45, 7) is 3.61. The Bertz CT molecular complexity index is 696. The first-order valence-electron chi connectivity index (χ1n) is 8.11. The predicted octanol–water partition coefficient (Wildman–Crippen LogP) is 4.63. The summed E-state index contributed by atoms with van der Waals surface area (Å²) >= 11 is 0. The first kappa shape index (κ1) is 17.5. The number of benzene rings is 2. The molecule has 24 heavy (non-hydrogen) atoms. The molecule has 0 unspecified atom stereocenters. The van der Waals surface area contributed by atoms with Crippen LogP contribution in [0.4, 0.5) is 21.9 Å². The zero-order chi connectivity index (χ0) is 17.4. The number of carbonyl (C=O) groups is 2. The van der Waals surface area contributed by atoms with Crippen LogP contribution in [0.2, 0.25) is 0 Å². The van der Waals surface area contributed by atoms with E-state index in [9.17, 15) is 9.59 Å². The quantitative estimate of drug-likeness (QED) is 0.724. The van der Waals surface area contributed by atoms with E-state index in [-0.39, 0.29) is 11.9 Å². The second-order valence-corrected chi connectivity index (χ2v) is 5.64. The third kappa shape index (κ3) is 5.76. The molecule has 0 aliphatic heterocycles. The zero-order valence-corrected chi connectivity index (χ0v) is 14.1. The van der Waals surface area contributed by atoms with E-state index < -0.39 is 0 Å². The van der Waals surface area contributed by atoms with E-state index in [2.05, 4.69) is 22.9 Å². The van der Waals surface area contributed by atoms with Gasteiger partial charge in [0.2, 0.25) is 5.91 Å². The smallest absolute Gasteiger partial charge is 0.323 e. The van der Waals surface area contributed by atoms with Crippen molar-refractivity contribution in [3.05, 3.63) is 54.1 Å². The van der Waals surface area contributed by atoms with E-state index in [0.29, 0.717) is 11.4 Å². The molecule has 0 heterocycles. The second kappa shape index (κ2) is 8.72. The number of hydrogen-bond acceptors (Lipinski definition) is 2. The number of urea groups is 1. The minimum absolute atomic E-state index is 0.153. The van der Waals surface area contributed by atoms with E-state index in [1.165, 1.54) is 18.9 Å². The van der Waals surface area contributed by atoms with Crippen LogP contribution in [-0.2, 0) is 11.2 Å². The number of carbonyl (C=O) groups excluding carboxylic acids is 2. The van der Waals surface area contributed by atoms with E-state index >= 15 is 0 Å². The first-order valence-corrected chi connectivity index (χ1v) is 8.11. The van der Waals surface area contributed by atoms with Crippen LogP contribution >= 0.6 is 0 Å². The lowest BCUT2D eigenvalue weighted by Gasteiger charge is -2.10. The molecule has 3 N–H and O–H groups in total. The van der Waals surface area contributed by atoms with Gasteiger partial charge in [0.1, 0.15) is 0 Å². The minimum Gasteiger partial charge on any atom is -0.326 e. The number of rotatable bonds is 6. The molecule has 0 saturated carbocycles. The van der Waals surface area contributed by atoms with Gasteiger partial charge in [-0.25, -0.2) is 4.79 Å². The van der Waals surface area contributed by atoms with Gasteiger partial charge in [0.15, 0.2) is 0 Å². The highest BCUT2D eigenvalue weighted by Gasteiger charge is 2.04. The molecule has 0 spiro atoms. The molecule has 0 aromatic heterocycles. The largest absolute Gasteiger partial charge is 0.326 e. The van der Waals surface area contributed by atoms with Crippen molar-refractivity contribution < 1.29 is 9.59 Å². The van der Waals surface area contributed by atoms with E-state index in [1.807, 2.05) is 24.3 Å². The Kier molecular flexibility index (Phi) is 6.37. The molecular formula is C19H23N3O2. The van der Waals surface area contributed by atoms with Crippen LogP contribution in [-0.4, -0.2) is 11.9 Å². The van der Waals surface area contributed by atoms with Gasteiger partial charge in [-0.15, -0.1) is 0 Å². The Labute approximate surface area is 142 Å². The third-order valence-corrected chi connectivity index (χ3v) is 3.47. The monoisotopic (exact) mass is 325 g/mol. The SMILES string of the molecule is CCCCc1ccc(NC(=O)Nc2cccc(NC(C)=O)c2)cc1. The molecule has 0 aliphatic carbocycles. The summed E-state index contributed by atoms with van der Waals surface area (Å²) in [5, 5.41) is 8.23. The van der Waals surface area contributed by atoms with Gasteiger partial charge in [0, 0.05) is 24.0 Å². The molecule has 3 amide bonds. The Hall–Kier alpha value is -2.82. The highest BCUT2D eigenvalue weighted by molar-refractivity contribution is 6.00. The van der Waals surface area contributed by atoms with Crippen molar-refractivity contribution in [3.63, 3.8) is 0 Å². The summed E-state index contributed by atoms with van der Waals surface area (Å²) in [5.74, 6) is -0.153. The van der Waals surface area contributed by atoms with Crippen LogP contribution in [0.15, 0.2) is 48.5 Å². The number of aryl methyl sites for hydroxylation is 1. The molecular weight excluding hydrogens is 302 g/mol. The molecule has 0 atom stereocenters. The molecule has 126 valence electrons. The maximum atomic E-state index is 12.1. The Morgan fingerprint density at radius 2 is 1.50 bits per heavy atom. The predicted molar refractivity (Wildman–Crippen MR) is 98.4 cm³/mol. The van der Waals surface area contributed by atoms with Crippen LogP contribution < -0.4 is 16.0 Å². The summed E-state index contributed by atoms with van der Waals surface area (Å²) in [7, 11) is 0. The average molecular weight is 325 g/mol. The molecule has 5 heteroatoms. The van der Waals surface area contributed by atoms with Gasteiger partial charge in [-0.05, 0) is 48.7 Å². The lowest BCUT2D eigenvalue weighted by Crippen LogP contribution is -2.19. The van der Waals surface area contributed by atoms with Gasteiger partial charge < -0.3 is 16.0 Å². The summed E-state index contributed by atoms with van der Waals surface area (Å²) in [6.07, 6.45) is 3.39. The fourth-order valence-corrected chi connectivity index (χ4v) is 2.31. The Morgan fingerprint density at radius 1 is 0.875 bits per heavy atom. The van der Waals surface area contributed by atoms with Crippen LogP contribution in [0.3, 0.4) is 0 Å². The topological polar surface area (TPSA) is 70.2 Å². The summed E-state index contributed by atoms with van der Waals surface area (Å²) in [5.41, 5.74) is 3.26. The number of unbranched alkanes of at least 4 members (excludes halogenated alkanes) is 1. The van der Waals surface area contributed by atoms with Gasteiger partial charge >= 0.3 is 6.03 Å². The van der Waals surface area contributed by atoms with Crippen LogP contribution in [0.1, 0.15) is 32.3 Å². The Balaban J connectivity index is 1.92. The lowest BCUT2D eigenvalue weighted by atomic mass is 10.1. The molecule has 0 radical (unpaired) electrons. The minimum atomic E-state index is -0.323. The van der Waals surface area contributed by atoms with Crippen molar-refractivity contribution in [2.75, 3.05) is 16.0 Å². The highest BCUT2D eigenvalue weighted by Crippen LogP contribution is 2.16. The van der Waals surface area contributed by atoms with Crippen molar-refractivity contribution in [1.29, 1.82) is 0 Å². The van der Waals surface area contributed by atoms with Crippen molar-refractivity contribution >= 4 is 29.0 Å². The first-order chi connectivity index (χ1) is 11.6. The number of amides is 3. The molecule has 2 aromatic rings. The summed E-state index contributed by atoms with van der Waals surface area (Å²) in [6, 6.07) is 14.5. The number of hydrogen-bond donors (Lipinski definition) is 3. The maximum absolute atomic E-state index is 12.1. The van der Waals surface area contributed by atoms with E-state index in [1.54, 1.807) is 24.3 Å². The average Bonchev–Trinajstić information content (AvgIpc) is 2.54. The summed E-state index contributed by atoms with van der Waals surface area (Å²) < 4.78 is 0. The second-order valence-electron chi connectivity index (χ2n) is 5.64. The van der Waals surface area contributed by atoms with E-state index in [0.717, 1.165) is 18.5 Å². The van der Waals surface area contributed by atoms with E-state index in [4.69, 9.17) is 0 Å². The number of anilines is 3. The lowest BCUT2D eigenvalue weighted by molar-refractivity contribution is -0.114. The van der Waals surface area contributed by atoms with Crippen molar-refractivity contribution in [2.45, 2.75) is 33.1 Å². The molecule has 0 fully saturated rings. The standard InChI is InChI=1S/C19H23N3O2/c1-3-4-6-15-9-11-16(12-10-15)21-19(24)22-18-8-5-7-17(13-18)20-14(2)23/h5,7-13H,3-4,6H2,1-2H3,(H,20,23)(H2,21,22,24). The van der Waals surface area contributed by atoms with Gasteiger partial charge in [-0.3, -0.25) is 4.79 Å². The van der Waals surface area contributed by atoms with Gasteiger partial charge in [-0.1, -0.05) is 31.5 Å². The van der Waals surface area contributed by atoms with Gasteiger partial charge in [0.25, 0.3) is 0 Å². The molecule has 0 aliphatic rings. The molecule has 0 saturated heterocycles. The normalized spacial score (nSPS) is 10.1. The third-order valence-electron chi connectivity index (χ3n) is 3.47. The van der Waals surface area contributed by atoms with Crippen LogP contribution in [0, 0.1) is 0 Å². The van der Waals surface area contributed by atoms with Crippen LogP contribution in [0.25, 0.3) is 0 Å². The van der Waals surface area contributed by atoms with Gasteiger partial charge in [0.05, 0.1) is 0 Å². The maximum Gasteiger partial charge on any atom is 0.323 e. The van der Waals surface area contributed by atoms with Crippen molar-refractivity contribution in [1.82, 2.24) is 0 Å².